The molecule has 0 aliphatic rings. The molecule has 0 aliphatic heterocycles. The van der Waals surface area contributed by atoms with Gasteiger partial charge in [0.05, 0.1) is 13.2 Å². The lowest BCUT2D eigenvalue weighted by atomic mass is 10.4. The average molecular weight is 326 g/mol. The van der Waals surface area contributed by atoms with Gasteiger partial charge in [-0.05, 0) is 12.1 Å². The van der Waals surface area contributed by atoms with Crippen molar-refractivity contribution in [3.8, 4) is 0 Å². The zero-order valence-corrected chi connectivity index (χ0v) is 11.4. The minimum absolute atomic E-state index is 0.115. The van der Waals surface area contributed by atoms with Crippen LogP contribution in [-0.2, 0) is 14.8 Å². The summed E-state index contributed by atoms with van der Waals surface area (Å²) in [5, 5.41) is 0.688. The molecule has 0 saturated carbocycles. The molecule has 0 aliphatic carbocycles. The summed E-state index contributed by atoms with van der Waals surface area (Å²) in [5.74, 6) is -0.763. The van der Waals surface area contributed by atoms with E-state index in [0.717, 1.165) is 6.07 Å². The van der Waals surface area contributed by atoms with Gasteiger partial charge in [-0.2, -0.15) is 0 Å². The third kappa shape index (κ3) is 4.71. The Kier molecular flexibility index (Phi) is 6.04. The maximum absolute atomic E-state index is 13.3. The van der Waals surface area contributed by atoms with E-state index in [1.54, 1.807) is 0 Å². The van der Waals surface area contributed by atoms with E-state index < -0.39 is 15.8 Å². The Balaban J connectivity index is 2.55. The quantitative estimate of drug-likeness (QED) is 0.610. The van der Waals surface area contributed by atoms with Crippen molar-refractivity contribution in [2.75, 3.05) is 25.1 Å². The molecular formula is C10H13BrFNO3S. The topological polar surface area (TPSA) is 55.4 Å². The Morgan fingerprint density at radius 3 is 2.65 bits per heavy atom. The van der Waals surface area contributed by atoms with Crippen molar-refractivity contribution < 1.29 is 17.5 Å². The minimum atomic E-state index is -3.79. The minimum Gasteiger partial charge on any atom is -0.379 e. The van der Waals surface area contributed by atoms with Gasteiger partial charge in [0.25, 0.3) is 0 Å². The van der Waals surface area contributed by atoms with Gasteiger partial charge in [-0.15, -0.1) is 0 Å². The summed E-state index contributed by atoms with van der Waals surface area (Å²) >= 11 is 3.17. The summed E-state index contributed by atoms with van der Waals surface area (Å²) in [7, 11) is -3.79. The SMILES string of the molecule is O=S(=O)(NCCOCCBr)c1ccccc1F. The molecule has 96 valence electrons. The third-order valence-electron chi connectivity index (χ3n) is 1.89. The molecule has 0 aromatic heterocycles. The molecule has 17 heavy (non-hydrogen) atoms. The van der Waals surface area contributed by atoms with E-state index in [2.05, 4.69) is 20.7 Å². The molecule has 0 fully saturated rings. The molecule has 4 nitrogen and oxygen atoms in total. The Morgan fingerprint density at radius 2 is 2.00 bits per heavy atom. The molecule has 0 bridgehead atoms. The van der Waals surface area contributed by atoms with Crippen LogP contribution >= 0.6 is 15.9 Å². The summed E-state index contributed by atoms with van der Waals surface area (Å²) in [6.07, 6.45) is 0. The van der Waals surface area contributed by atoms with Gasteiger partial charge in [-0.25, -0.2) is 17.5 Å². The van der Waals surface area contributed by atoms with Crippen molar-refractivity contribution in [2.45, 2.75) is 4.90 Å². The van der Waals surface area contributed by atoms with E-state index in [9.17, 15) is 12.8 Å². The van der Waals surface area contributed by atoms with Crippen LogP contribution in [0.4, 0.5) is 4.39 Å². The average Bonchev–Trinajstić information content (AvgIpc) is 2.29. The van der Waals surface area contributed by atoms with Gasteiger partial charge >= 0.3 is 0 Å². The van der Waals surface area contributed by atoms with Crippen LogP contribution in [-0.4, -0.2) is 33.5 Å². The van der Waals surface area contributed by atoms with Crippen LogP contribution < -0.4 is 4.72 Å². The number of hydrogen-bond donors (Lipinski definition) is 1. The molecule has 0 saturated heterocycles. The Bertz CT molecular complexity index is 453. The molecule has 0 amide bonds. The Morgan fingerprint density at radius 1 is 1.29 bits per heavy atom. The van der Waals surface area contributed by atoms with Crippen LogP contribution in [0.5, 0.6) is 0 Å². The maximum Gasteiger partial charge on any atom is 0.243 e. The zero-order chi connectivity index (χ0) is 12.7. The van der Waals surface area contributed by atoms with E-state index in [1.165, 1.54) is 18.2 Å². The van der Waals surface area contributed by atoms with Crippen LogP contribution in [0.1, 0.15) is 0 Å². The molecule has 1 aromatic carbocycles. The number of nitrogens with one attached hydrogen (secondary N) is 1. The third-order valence-corrected chi connectivity index (χ3v) is 3.70. The first-order chi connectivity index (χ1) is 8.08. The van der Waals surface area contributed by atoms with Gasteiger partial charge in [-0.1, -0.05) is 28.1 Å². The van der Waals surface area contributed by atoms with Crippen LogP contribution in [0.3, 0.4) is 0 Å². The Hall–Kier alpha value is -0.500. The van der Waals surface area contributed by atoms with Crippen LogP contribution in [0, 0.1) is 5.82 Å². The molecule has 0 spiro atoms. The van der Waals surface area contributed by atoms with E-state index in [0.29, 0.717) is 11.9 Å². The molecule has 0 atom stereocenters. The molecule has 7 heteroatoms. The summed E-state index contributed by atoms with van der Waals surface area (Å²) in [5.41, 5.74) is 0. The second-order valence-electron chi connectivity index (χ2n) is 3.13. The Labute approximate surface area is 108 Å². The number of halogens is 2. The number of alkyl halides is 1. The molecule has 0 radical (unpaired) electrons. The highest BCUT2D eigenvalue weighted by Crippen LogP contribution is 2.12. The lowest BCUT2D eigenvalue weighted by Gasteiger charge is -2.07. The number of ether oxygens (including phenoxy) is 1. The highest BCUT2D eigenvalue weighted by molar-refractivity contribution is 9.09. The van der Waals surface area contributed by atoms with Crippen LogP contribution in [0.2, 0.25) is 0 Å². The highest BCUT2D eigenvalue weighted by Gasteiger charge is 2.17. The fourth-order valence-electron chi connectivity index (χ4n) is 1.15. The molecule has 1 aromatic rings. The fraction of sp³-hybridized carbons (Fsp3) is 0.400. The predicted molar refractivity (Wildman–Crippen MR) is 66.2 cm³/mol. The van der Waals surface area contributed by atoms with Gasteiger partial charge in [0.2, 0.25) is 10.0 Å². The van der Waals surface area contributed by atoms with Crippen molar-refractivity contribution in [3.05, 3.63) is 30.1 Å². The molecule has 0 heterocycles. The van der Waals surface area contributed by atoms with E-state index >= 15 is 0 Å². The van der Waals surface area contributed by atoms with E-state index in [1.807, 2.05) is 0 Å². The molecular weight excluding hydrogens is 313 g/mol. The number of hydrogen-bond acceptors (Lipinski definition) is 3. The van der Waals surface area contributed by atoms with Gasteiger partial charge in [-0.3, -0.25) is 0 Å². The highest BCUT2D eigenvalue weighted by atomic mass is 79.9. The van der Waals surface area contributed by atoms with Crippen molar-refractivity contribution >= 4 is 26.0 Å². The van der Waals surface area contributed by atoms with E-state index in [-0.39, 0.29) is 18.0 Å². The maximum atomic E-state index is 13.3. The van der Waals surface area contributed by atoms with Crippen molar-refractivity contribution in [1.29, 1.82) is 0 Å². The fourth-order valence-corrected chi connectivity index (χ4v) is 2.46. The summed E-state index contributed by atoms with van der Waals surface area (Å²) in [6, 6.07) is 5.24. The van der Waals surface area contributed by atoms with Gasteiger partial charge in [0.15, 0.2) is 0 Å². The van der Waals surface area contributed by atoms with E-state index in [4.69, 9.17) is 4.74 Å². The normalized spacial score (nSPS) is 11.6. The molecule has 1 rings (SSSR count). The van der Waals surface area contributed by atoms with Crippen molar-refractivity contribution in [2.24, 2.45) is 0 Å². The summed E-state index contributed by atoms with van der Waals surface area (Å²) in [6.45, 7) is 0.865. The molecule has 0 unspecified atom stereocenters. The first-order valence-corrected chi connectivity index (χ1v) is 7.56. The second kappa shape index (κ2) is 7.05. The number of rotatable bonds is 7. The van der Waals surface area contributed by atoms with Crippen LogP contribution in [0.25, 0.3) is 0 Å². The zero-order valence-electron chi connectivity index (χ0n) is 9.03. The van der Waals surface area contributed by atoms with Crippen LogP contribution in [0.15, 0.2) is 29.2 Å². The lowest BCUT2D eigenvalue weighted by Crippen LogP contribution is -2.28. The number of sulfonamides is 1. The van der Waals surface area contributed by atoms with Crippen molar-refractivity contribution in [3.63, 3.8) is 0 Å². The van der Waals surface area contributed by atoms with Gasteiger partial charge in [0.1, 0.15) is 10.7 Å². The monoisotopic (exact) mass is 325 g/mol. The first-order valence-electron chi connectivity index (χ1n) is 4.96. The lowest BCUT2D eigenvalue weighted by molar-refractivity contribution is 0.156. The summed E-state index contributed by atoms with van der Waals surface area (Å²) < 4.78 is 43.9. The smallest absolute Gasteiger partial charge is 0.243 e. The predicted octanol–water partition coefficient (Wildman–Crippen LogP) is 1.52. The summed E-state index contributed by atoms with van der Waals surface area (Å²) in [4.78, 5) is -0.347. The van der Waals surface area contributed by atoms with Crippen molar-refractivity contribution in [1.82, 2.24) is 4.72 Å². The van der Waals surface area contributed by atoms with Gasteiger partial charge < -0.3 is 4.74 Å². The van der Waals surface area contributed by atoms with Gasteiger partial charge in [0, 0.05) is 11.9 Å². The second-order valence-corrected chi connectivity index (χ2v) is 5.66. The largest absolute Gasteiger partial charge is 0.379 e. The first kappa shape index (κ1) is 14.6. The number of benzene rings is 1. The molecule has 1 N–H and O–H groups in total. The standard InChI is InChI=1S/C10H13BrFNO3S/c11-5-7-16-8-6-13-17(14,15)10-4-2-1-3-9(10)12/h1-4,13H,5-8H2.